The minimum atomic E-state index is 0.454. The average molecular weight is 227 g/mol. The molecule has 4 aliphatic carbocycles. The lowest BCUT2D eigenvalue weighted by Gasteiger charge is -2.57. The number of hydrogen-bond acceptors (Lipinski definition) is 1. The number of nitrogens with one attached hydrogen (secondary N) is 1. The third-order valence-corrected chi connectivity index (χ3v) is 5.22. The zero-order valence-corrected chi connectivity index (χ0v) is 10.4. The van der Waals surface area contributed by atoms with E-state index in [9.17, 15) is 0 Å². The van der Waals surface area contributed by atoms with Crippen molar-refractivity contribution in [1.29, 1.82) is 0 Å². The molecular formula is C16H21N. The topological polar surface area (TPSA) is 12.0 Å². The molecule has 4 saturated carbocycles. The fraction of sp³-hybridized carbons (Fsp3) is 0.625. The van der Waals surface area contributed by atoms with Crippen LogP contribution in [0.3, 0.4) is 0 Å². The van der Waals surface area contributed by atoms with Crippen molar-refractivity contribution in [2.75, 3.05) is 5.32 Å². The lowest BCUT2D eigenvalue weighted by molar-refractivity contribution is 0.0107. The van der Waals surface area contributed by atoms with Gasteiger partial charge in [0.25, 0.3) is 0 Å². The summed E-state index contributed by atoms with van der Waals surface area (Å²) in [6.07, 6.45) is 8.84. The minimum Gasteiger partial charge on any atom is -0.380 e. The largest absolute Gasteiger partial charge is 0.380 e. The molecule has 0 aliphatic heterocycles. The molecule has 4 aliphatic rings. The van der Waals surface area contributed by atoms with Gasteiger partial charge in [0.05, 0.1) is 0 Å². The molecule has 5 rings (SSSR count). The van der Waals surface area contributed by atoms with Crippen molar-refractivity contribution in [2.24, 2.45) is 17.8 Å². The molecule has 0 aromatic heterocycles. The lowest BCUT2D eigenvalue weighted by Crippen LogP contribution is -2.54. The number of anilines is 1. The van der Waals surface area contributed by atoms with Crippen molar-refractivity contribution in [1.82, 2.24) is 0 Å². The molecule has 1 aromatic carbocycles. The molecule has 1 aromatic rings. The molecule has 4 bridgehead atoms. The van der Waals surface area contributed by atoms with Crippen molar-refractivity contribution in [3.63, 3.8) is 0 Å². The van der Waals surface area contributed by atoms with Crippen LogP contribution in [0.15, 0.2) is 30.3 Å². The Labute approximate surface area is 104 Å². The van der Waals surface area contributed by atoms with Gasteiger partial charge in [0.15, 0.2) is 0 Å². The highest BCUT2D eigenvalue weighted by Gasteiger charge is 2.50. The van der Waals surface area contributed by atoms with Gasteiger partial charge in [0.2, 0.25) is 0 Å². The molecule has 1 nitrogen and oxygen atoms in total. The summed E-state index contributed by atoms with van der Waals surface area (Å²) in [5, 5.41) is 3.89. The van der Waals surface area contributed by atoms with Crippen molar-refractivity contribution in [2.45, 2.75) is 44.1 Å². The number of para-hydroxylation sites is 1. The van der Waals surface area contributed by atoms with Crippen LogP contribution in [0.1, 0.15) is 38.5 Å². The lowest BCUT2D eigenvalue weighted by atomic mass is 9.53. The Morgan fingerprint density at radius 3 is 1.88 bits per heavy atom. The van der Waals surface area contributed by atoms with Gasteiger partial charge in [-0.2, -0.15) is 0 Å². The van der Waals surface area contributed by atoms with Gasteiger partial charge in [0.1, 0.15) is 0 Å². The fourth-order valence-electron chi connectivity index (χ4n) is 5.09. The van der Waals surface area contributed by atoms with Gasteiger partial charge in [0, 0.05) is 11.2 Å². The molecule has 0 atom stereocenters. The normalized spacial score (nSPS) is 42.7. The van der Waals surface area contributed by atoms with Gasteiger partial charge >= 0.3 is 0 Å². The van der Waals surface area contributed by atoms with Crippen molar-refractivity contribution < 1.29 is 0 Å². The molecule has 0 unspecified atom stereocenters. The average Bonchev–Trinajstić information content (AvgIpc) is 2.27. The first-order chi connectivity index (χ1) is 8.31. The van der Waals surface area contributed by atoms with Crippen molar-refractivity contribution in [3.05, 3.63) is 30.3 Å². The molecule has 17 heavy (non-hydrogen) atoms. The molecule has 0 saturated heterocycles. The number of hydrogen-bond donors (Lipinski definition) is 1. The van der Waals surface area contributed by atoms with Crippen LogP contribution >= 0.6 is 0 Å². The van der Waals surface area contributed by atoms with Crippen LogP contribution in [0.4, 0.5) is 5.69 Å². The monoisotopic (exact) mass is 227 g/mol. The standard InChI is InChI=1S/C16H21N/c1-2-4-15(5-3-1)17-16-9-12-6-13(10-16)8-14(7-12)11-16/h1-5,12-14,17H,6-11H2. The molecule has 1 N–H and O–H groups in total. The van der Waals surface area contributed by atoms with Crippen LogP contribution < -0.4 is 5.32 Å². The van der Waals surface area contributed by atoms with E-state index in [1.807, 2.05) is 0 Å². The summed E-state index contributed by atoms with van der Waals surface area (Å²) in [5.41, 5.74) is 1.78. The molecular weight excluding hydrogens is 206 g/mol. The van der Waals surface area contributed by atoms with Gasteiger partial charge in [-0.3, -0.25) is 0 Å². The second-order valence-corrected chi connectivity index (χ2v) is 6.69. The summed E-state index contributed by atoms with van der Waals surface area (Å²) in [4.78, 5) is 0. The van der Waals surface area contributed by atoms with E-state index in [0.29, 0.717) is 5.54 Å². The maximum atomic E-state index is 3.89. The van der Waals surface area contributed by atoms with E-state index in [1.165, 1.54) is 44.2 Å². The summed E-state index contributed by atoms with van der Waals surface area (Å²) in [6, 6.07) is 10.8. The second kappa shape index (κ2) is 3.51. The van der Waals surface area contributed by atoms with E-state index in [1.54, 1.807) is 0 Å². The van der Waals surface area contributed by atoms with Gasteiger partial charge in [-0.15, -0.1) is 0 Å². The first-order valence-corrected chi connectivity index (χ1v) is 7.15. The summed E-state index contributed by atoms with van der Waals surface area (Å²) < 4.78 is 0. The van der Waals surface area contributed by atoms with E-state index in [-0.39, 0.29) is 0 Å². The Morgan fingerprint density at radius 1 is 0.824 bits per heavy atom. The maximum absolute atomic E-state index is 3.89. The predicted octanol–water partition coefficient (Wildman–Crippen LogP) is 4.07. The Hall–Kier alpha value is -0.980. The minimum absolute atomic E-state index is 0.454. The molecule has 0 heterocycles. The quantitative estimate of drug-likeness (QED) is 0.803. The highest BCUT2D eigenvalue weighted by atomic mass is 15.0. The van der Waals surface area contributed by atoms with Gasteiger partial charge in [-0.25, -0.2) is 0 Å². The first-order valence-electron chi connectivity index (χ1n) is 7.15. The third kappa shape index (κ3) is 1.67. The van der Waals surface area contributed by atoms with Gasteiger partial charge in [-0.05, 0) is 68.4 Å². The van der Waals surface area contributed by atoms with E-state index < -0.39 is 0 Å². The third-order valence-electron chi connectivity index (χ3n) is 5.22. The molecule has 90 valence electrons. The number of benzene rings is 1. The molecule has 0 spiro atoms. The molecule has 0 amide bonds. The highest BCUT2D eigenvalue weighted by Crippen LogP contribution is 2.56. The molecule has 4 fully saturated rings. The van der Waals surface area contributed by atoms with E-state index >= 15 is 0 Å². The van der Waals surface area contributed by atoms with E-state index in [2.05, 4.69) is 35.6 Å². The van der Waals surface area contributed by atoms with Crippen molar-refractivity contribution >= 4 is 5.69 Å². The van der Waals surface area contributed by atoms with E-state index in [0.717, 1.165) is 17.8 Å². The van der Waals surface area contributed by atoms with Crippen LogP contribution in [0, 0.1) is 17.8 Å². The zero-order chi connectivity index (χ0) is 11.3. The SMILES string of the molecule is c1ccc(NC23CC4CC(CC(C4)C2)C3)cc1. The molecule has 1 heteroatoms. The van der Waals surface area contributed by atoms with Crippen LogP contribution in [0.5, 0.6) is 0 Å². The van der Waals surface area contributed by atoms with Crippen LogP contribution in [0.25, 0.3) is 0 Å². The predicted molar refractivity (Wildman–Crippen MR) is 71.0 cm³/mol. The summed E-state index contributed by atoms with van der Waals surface area (Å²) >= 11 is 0. The Bertz CT molecular complexity index is 374. The first kappa shape index (κ1) is 9.99. The van der Waals surface area contributed by atoms with Crippen LogP contribution in [-0.4, -0.2) is 5.54 Å². The second-order valence-electron chi connectivity index (χ2n) is 6.69. The van der Waals surface area contributed by atoms with Crippen LogP contribution in [-0.2, 0) is 0 Å². The van der Waals surface area contributed by atoms with E-state index in [4.69, 9.17) is 0 Å². The Balaban J connectivity index is 1.61. The van der Waals surface area contributed by atoms with Crippen molar-refractivity contribution in [3.8, 4) is 0 Å². The zero-order valence-electron chi connectivity index (χ0n) is 10.4. The van der Waals surface area contributed by atoms with Gasteiger partial charge in [-0.1, -0.05) is 18.2 Å². The fourth-order valence-corrected chi connectivity index (χ4v) is 5.09. The highest BCUT2D eigenvalue weighted by molar-refractivity contribution is 5.46. The molecule has 0 radical (unpaired) electrons. The number of rotatable bonds is 2. The van der Waals surface area contributed by atoms with Crippen LogP contribution in [0.2, 0.25) is 0 Å². The Kier molecular flexibility index (Phi) is 2.06. The maximum Gasteiger partial charge on any atom is 0.0381 e. The van der Waals surface area contributed by atoms with Gasteiger partial charge < -0.3 is 5.32 Å². The summed E-state index contributed by atoms with van der Waals surface area (Å²) in [6.45, 7) is 0. The smallest absolute Gasteiger partial charge is 0.0381 e. The Morgan fingerprint density at radius 2 is 1.35 bits per heavy atom. The summed E-state index contributed by atoms with van der Waals surface area (Å²) in [7, 11) is 0. The summed E-state index contributed by atoms with van der Waals surface area (Å²) in [5.74, 6) is 3.08.